The Labute approximate surface area is 145 Å². The summed E-state index contributed by atoms with van der Waals surface area (Å²) in [5.74, 6) is 0.178. The molecule has 0 radical (unpaired) electrons. The molecule has 23 heavy (non-hydrogen) atoms. The second-order valence-electron chi connectivity index (χ2n) is 4.71. The van der Waals surface area contributed by atoms with Gasteiger partial charge in [-0.1, -0.05) is 18.2 Å². The van der Waals surface area contributed by atoms with Crippen LogP contribution in [0.2, 0.25) is 0 Å². The molecule has 6 nitrogen and oxygen atoms in total. The molecule has 2 rings (SSSR count). The van der Waals surface area contributed by atoms with Gasteiger partial charge in [0, 0.05) is 12.5 Å². The van der Waals surface area contributed by atoms with Gasteiger partial charge in [0.1, 0.15) is 24.7 Å². The summed E-state index contributed by atoms with van der Waals surface area (Å²) in [6, 6.07) is 7.46. The lowest BCUT2D eigenvalue weighted by Gasteiger charge is -2.09. The van der Waals surface area contributed by atoms with Crippen molar-refractivity contribution in [1.82, 2.24) is 4.57 Å². The summed E-state index contributed by atoms with van der Waals surface area (Å²) < 4.78 is 13.7. The first-order chi connectivity index (χ1) is 10.6. The highest BCUT2D eigenvalue weighted by Crippen LogP contribution is 2.17. The maximum Gasteiger partial charge on any atom is 0.344 e. The Morgan fingerprint density at radius 2 is 2.00 bits per heavy atom. The summed E-state index contributed by atoms with van der Waals surface area (Å²) in [5.41, 5.74) is 0.915. The van der Waals surface area contributed by atoms with E-state index in [0.29, 0.717) is 18.9 Å². The van der Waals surface area contributed by atoms with Crippen molar-refractivity contribution < 1.29 is 40.6 Å². The van der Waals surface area contributed by atoms with Gasteiger partial charge < -0.3 is 26.5 Å². The van der Waals surface area contributed by atoms with Crippen LogP contribution in [0.15, 0.2) is 43.0 Å². The molecule has 1 aromatic carbocycles. The molecule has 7 heteroatoms. The molecule has 0 saturated carbocycles. The number of rotatable bonds is 6. The SMILES string of the molecule is CCOC(=O)COc1ccccc1C[n+]1ccn(C(C)=O)c1.[Br-]. The molecule has 0 aliphatic rings. The summed E-state index contributed by atoms with van der Waals surface area (Å²) in [6.45, 7) is 4.00. The molecule has 0 fully saturated rings. The fourth-order valence-corrected chi connectivity index (χ4v) is 1.99. The highest BCUT2D eigenvalue weighted by atomic mass is 79.9. The predicted molar refractivity (Wildman–Crippen MR) is 78.6 cm³/mol. The molecular formula is C16H19BrN2O4. The van der Waals surface area contributed by atoms with Gasteiger partial charge in [-0.15, -0.1) is 0 Å². The standard InChI is InChI=1S/C16H19N2O4.BrH/c1-3-21-16(20)11-22-15-7-5-4-6-14(15)10-17-8-9-18(12-17)13(2)19;/h4-9,12H,3,10-11H2,1-2H3;1H/q+1;/p-1. The maximum absolute atomic E-state index is 11.4. The summed E-state index contributed by atoms with van der Waals surface area (Å²) in [5, 5.41) is 0. The van der Waals surface area contributed by atoms with Gasteiger partial charge in [0.2, 0.25) is 0 Å². The van der Waals surface area contributed by atoms with Crippen LogP contribution in [-0.2, 0) is 16.1 Å². The van der Waals surface area contributed by atoms with E-state index in [-0.39, 0.29) is 29.5 Å². The minimum Gasteiger partial charge on any atom is -1.00 e. The number of nitrogens with zero attached hydrogens (tertiary/aromatic N) is 2. The van der Waals surface area contributed by atoms with Crippen molar-refractivity contribution in [2.75, 3.05) is 13.2 Å². The number of para-hydroxylation sites is 1. The number of hydrogen-bond donors (Lipinski definition) is 0. The van der Waals surface area contributed by atoms with Crippen LogP contribution in [0.4, 0.5) is 0 Å². The number of ether oxygens (including phenoxy) is 2. The summed E-state index contributed by atoms with van der Waals surface area (Å²) in [7, 11) is 0. The average Bonchev–Trinajstić information content (AvgIpc) is 2.95. The molecule has 0 spiro atoms. The van der Waals surface area contributed by atoms with Crippen LogP contribution in [0.1, 0.15) is 24.2 Å². The van der Waals surface area contributed by atoms with Crippen LogP contribution in [0.5, 0.6) is 5.75 Å². The zero-order valence-corrected chi connectivity index (χ0v) is 14.7. The number of hydrogen-bond acceptors (Lipinski definition) is 4. The highest BCUT2D eigenvalue weighted by Gasteiger charge is 2.12. The largest absolute Gasteiger partial charge is 1.00 e. The van der Waals surface area contributed by atoms with Gasteiger partial charge in [-0.3, -0.25) is 0 Å². The van der Waals surface area contributed by atoms with Crippen molar-refractivity contribution in [1.29, 1.82) is 0 Å². The highest BCUT2D eigenvalue weighted by molar-refractivity contribution is 5.75. The normalized spacial score (nSPS) is 9.83. The third-order valence-corrected chi connectivity index (χ3v) is 3.03. The lowest BCUT2D eigenvalue weighted by atomic mass is 10.2. The molecule has 0 atom stereocenters. The summed E-state index contributed by atoms with van der Waals surface area (Å²) in [4.78, 5) is 22.7. The van der Waals surface area contributed by atoms with E-state index in [1.54, 1.807) is 25.5 Å². The first-order valence-electron chi connectivity index (χ1n) is 7.04. The summed E-state index contributed by atoms with van der Waals surface area (Å²) in [6.07, 6.45) is 5.22. The van der Waals surface area contributed by atoms with Gasteiger partial charge in [0.25, 0.3) is 6.33 Å². The smallest absolute Gasteiger partial charge is 0.344 e. The van der Waals surface area contributed by atoms with Crippen LogP contribution in [0.3, 0.4) is 0 Å². The van der Waals surface area contributed by atoms with Crippen LogP contribution in [0, 0.1) is 0 Å². The molecule has 0 bridgehead atoms. The molecule has 0 aliphatic carbocycles. The quantitative estimate of drug-likeness (QED) is 0.447. The van der Waals surface area contributed by atoms with Crippen molar-refractivity contribution in [2.45, 2.75) is 20.4 Å². The molecule has 1 aromatic heterocycles. The number of aromatic nitrogens is 2. The maximum atomic E-state index is 11.4. The summed E-state index contributed by atoms with van der Waals surface area (Å²) >= 11 is 0. The molecule has 0 unspecified atom stereocenters. The zero-order valence-electron chi connectivity index (χ0n) is 13.1. The zero-order chi connectivity index (χ0) is 15.9. The van der Waals surface area contributed by atoms with Crippen molar-refractivity contribution in [2.24, 2.45) is 0 Å². The Balaban J connectivity index is 0.00000264. The lowest BCUT2D eigenvalue weighted by molar-refractivity contribution is -0.687. The number of benzene rings is 1. The molecular weight excluding hydrogens is 364 g/mol. The molecule has 0 saturated heterocycles. The van der Waals surface area contributed by atoms with Gasteiger partial charge in [-0.2, -0.15) is 4.57 Å². The molecule has 0 amide bonds. The Kier molecular flexibility index (Phi) is 7.47. The monoisotopic (exact) mass is 382 g/mol. The van der Waals surface area contributed by atoms with Gasteiger partial charge in [0.15, 0.2) is 6.61 Å². The second kappa shape index (κ2) is 9.09. The third kappa shape index (κ3) is 5.52. The third-order valence-electron chi connectivity index (χ3n) is 3.03. The van der Waals surface area contributed by atoms with E-state index in [0.717, 1.165) is 5.56 Å². The lowest BCUT2D eigenvalue weighted by Crippen LogP contribution is -3.00. The molecule has 0 N–H and O–H groups in total. The van der Waals surface area contributed by atoms with Gasteiger partial charge in [-0.05, 0) is 13.0 Å². The van der Waals surface area contributed by atoms with E-state index in [2.05, 4.69) is 0 Å². The van der Waals surface area contributed by atoms with E-state index < -0.39 is 5.97 Å². The van der Waals surface area contributed by atoms with Crippen molar-refractivity contribution >= 4 is 11.9 Å². The van der Waals surface area contributed by atoms with Gasteiger partial charge >= 0.3 is 11.9 Å². The Morgan fingerprint density at radius 1 is 1.26 bits per heavy atom. The van der Waals surface area contributed by atoms with Crippen LogP contribution in [0.25, 0.3) is 0 Å². The Bertz CT molecular complexity index is 670. The molecule has 0 aliphatic heterocycles. The van der Waals surface area contributed by atoms with E-state index in [4.69, 9.17) is 9.47 Å². The molecule has 1 heterocycles. The predicted octanol–water partition coefficient (Wildman–Crippen LogP) is -1.57. The van der Waals surface area contributed by atoms with Gasteiger partial charge in [0.05, 0.1) is 6.61 Å². The number of esters is 1. The second-order valence-corrected chi connectivity index (χ2v) is 4.71. The minimum absolute atomic E-state index is 0. The number of imidazole rings is 1. The van der Waals surface area contributed by atoms with Crippen LogP contribution < -0.4 is 26.3 Å². The number of halogens is 1. The Morgan fingerprint density at radius 3 is 2.65 bits per heavy atom. The first kappa shape index (κ1) is 18.9. The average molecular weight is 383 g/mol. The van der Waals surface area contributed by atoms with Gasteiger partial charge in [-0.25, -0.2) is 14.2 Å². The number of carbonyl (C=O) groups excluding carboxylic acids is 2. The van der Waals surface area contributed by atoms with E-state index >= 15 is 0 Å². The number of carbonyl (C=O) groups is 2. The topological polar surface area (TPSA) is 61.4 Å². The fourth-order valence-electron chi connectivity index (χ4n) is 1.99. The minimum atomic E-state index is -0.396. The van der Waals surface area contributed by atoms with E-state index in [1.165, 1.54) is 11.5 Å². The molecule has 124 valence electrons. The van der Waals surface area contributed by atoms with Crippen molar-refractivity contribution in [3.05, 3.63) is 48.5 Å². The Hall–Kier alpha value is -2.15. The van der Waals surface area contributed by atoms with Crippen molar-refractivity contribution in [3.63, 3.8) is 0 Å². The first-order valence-corrected chi connectivity index (χ1v) is 7.04. The van der Waals surface area contributed by atoms with Crippen molar-refractivity contribution in [3.8, 4) is 5.75 Å². The van der Waals surface area contributed by atoms with E-state index in [1.807, 2.05) is 29.0 Å². The van der Waals surface area contributed by atoms with E-state index in [9.17, 15) is 9.59 Å². The fraction of sp³-hybridized carbons (Fsp3) is 0.312. The molecule has 2 aromatic rings. The van der Waals surface area contributed by atoms with Crippen LogP contribution >= 0.6 is 0 Å². The van der Waals surface area contributed by atoms with Crippen LogP contribution in [-0.4, -0.2) is 29.7 Å².